The van der Waals surface area contributed by atoms with Gasteiger partial charge in [-0.25, -0.2) is 9.59 Å². The molecule has 0 heterocycles. The quantitative estimate of drug-likeness (QED) is 0.0182. The normalized spacial score (nSPS) is 11.9. The highest BCUT2D eigenvalue weighted by Gasteiger charge is 2.15. The summed E-state index contributed by atoms with van der Waals surface area (Å²) < 4.78 is 17.3. The Balaban J connectivity index is 1.04. The highest BCUT2D eigenvalue weighted by molar-refractivity contribution is 5.95. The second-order valence-electron chi connectivity index (χ2n) is 16.2. The van der Waals surface area contributed by atoms with Gasteiger partial charge >= 0.3 is 11.9 Å². The molecule has 8 heteroatoms. The summed E-state index contributed by atoms with van der Waals surface area (Å²) in [6, 6.07) is 34.7. The lowest BCUT2D eigenvalue weighted by Gasteiger charge is -2.14. The number of azo groups is 1. The topological polar surface area (TPSA) is 98.9 Å². The predicted molar refractivity (Wildman–Crippen MR) is 253 cm³/mol. The van der Waals surface area contributed by atoms with Gasteiger partial charge in [0.1, 0.15) is 17.2 Å². The first-order chi connectivity index (χ1) is 30.3. The fourth-order valence-electron chi connectivity index (χ4n) is 7.14. The molecule has 62 heavy (non-hydrogen) atoms. The fraction of sp³-hybridized carbons (Fsp3) is 0.389. The summed E-state index contributed by atoms with van der Waals surface area (Å²) in [6.45, 7) is 8.39. The van der Waals surface area contributed by atoms with Gasteiger partial charge in [0.05, 0.1) is 34.3 Å². The molecule has 0 saturated heterocycles. The molecule has 0 unspecified atom stereocenters. The second kappa shape index (κ2) is 26.4. The molecule has 326 valence electrons. The number of aliphatic imine (C=N–C) groups is 1. The van der Waals surface area contributed by atoms with Gasteiger partial charge in [-0.1, -0.05) is 109 Å². The molecule has 5 aromatic rings. The number of hydrogen-bond acceptors (Lipinski definition) is 8. The molecule has 0 aliphatic carbocycles. The molecule has 0 saturated carbocycles. The van der Waals surface area contributed by atoms with Gasteiger partial charge < -0.3 is 14.2 Å². The van der Waals surface area contributed by atoms with E-state index in [0.29, 0.717) is 39.6 Å². The number of nitrogens with zero attached hydrogens (tertiary/aromatic N) is 3. The van der Waals surface area contributed by atoms with Crippen molar-refractivity contribution in [2.75, 3.05) is 0 Å². The minimum absolute atomic E-state index is 0.119. The average molecular weight is 836 g/mol. The minimum atomic E-state index is -0.479. The Bertz CT molecular complexity index is 2140. The van der Waals surface area contributed by atoms with Crippen molar-refractivity contribution in [1.29, 1.82) is 0 Å². The molecule has 0 radical (unpaired) electrons. The van der Waals surface area contributed by atoms with Crippen molar-refractivity contribution in [2.45, 2.75) is 137 Å². The van der Waals surface area contributed by atoms with Crippen molar-refractivity contribution in [3.63, 3.8) is 0 Å². The molecule has 0 aromatic heterocycles. The van der Waals surface area contributed by atoms with Crippen molar-refractivity contribution in [3.8, 4) is 17.2 Å². The highest BCUT2D eigenvalue weighted by atomic mass is 16.5. The number of aryl methyl sites for hydroxylation is 1. The molecule has 0 aliphatic heterocycles. The Kier molecular flexibility index (Phi) is 20.1. The first-order valence-corrected chi connectivity index (χ1v) is 22.9. The SMILES string of the molecule is CCCCCCCCCCCCc1ccc(N=Nc2ccc(OC(=O)c3cccc(N=Cc4ccc(OC(=O)c5ccc(O[C@@H](C)CCCCCC)cc5)cc4)c3C)cc2)cc1. The molecular formula is C54H65N3O5. The van der Waals surface area contributed by atoms with Gasteiger partial charge in [-0.05, 0) is 153 Å². The number of carbonyl (C=O) groups excluding carboxylic acids is 2. The van der Waals surface area contributed by atoms with Gasteiger partial charge in [0.25, 0.3) is 0 Å². The van der Waals surface area contributed by atoms with Gasteiger partial charge in [-0.3, -0.25) is 4.99 Å². The molecule has 5 aromatic carbocycles. The van der Waals surface area contributed by atoms with E-state index in [9.17, 15) is 9.59 Å². The van der Waals surface area contributed by atoms with Gasteiger partial charge in [0.2, 0.25) is 0 Å². The third-order valence-electron chi connectivity index (χ3n) is 10.9. The van der Waals surface area contributed by atoms with E-state index in [-0.39, 0.29) is 6.10 Å². The van der Waals surface area contributed by atoms with E-state index in [1.54, 1.807) is 79.0 Å². The Hall–Kier alpha value is -5.89. The van der Waals surface area contributed by atoms with Gasteiger partial charge in [-0.15, -0.1) is 0 Å². The van der Waals surface area contributed by atoms with E-state index in [1.807, 2.05) is 37.3 Å². The van der Waals surface area contributed by atoms with Crippen molar-refractivity contribution in [1.82, 2.24) is 0 Å². The molecule has 0 amide bonds. The van der Waals surface area contributed by atoms with Crippen LogP contribution in [0.5, 0.6) is 17.2 Å². The predicted octanol–water partition coefficient (Wildman–Crippen LogP) is 15.8. The lowest BCUT2D eigenvalue weighted by Crippen LogP contribution is -2.12. The number of hydrogen-bond donors (Lipinski definition) is 0. The summed E-state index contributed by atoms with van der Waals surface area (Å²) in [7, 11) is 0. The summed E-state index contributed by atoms with van der Waals surface area (Å²) in [5, 5.41) is 8.77. The Morgan fingerprint density at radius 1 is 0.565 bits per heavy atom. The summed E-state index contributed by atoms with van der Waals surface area (Å²) in [4.78, 5) is 30.7. The van der Waals surface area contributed by atoms with E-state index in [1.165, 1.54) is 89.0 Å². The number of benzene rings is 5. The smallest absolute Gasteiger partial charge is 0.343 e. The summed E-state index contributed by atoms with van der Waals surface area (Å²) in [5.41, 5.74) is 5.77. The number of rotatable bonds is 26. The molecule has 5 rings (SSSR count). The molecule has 0 aliphatic rings. The monoisotopic (exact) mass is 835 g/mol. The van der Waals surface area contributed by atoms with Crippen LogP contribution in [-0.4, -0.2) is 24.3 Å². The maximum atomic E-state index is 13.2. The second-order valence-corrected chi connectivity index (χ2v) is 16.2. The van der Waals surface area contributed by atoms with E-state index in [0.717, 1.165) is 36.3 Å². The van der Waals surface area contributed by atoms with Crippen LogP contribution >= 0.6 is 0 Å². The van der Waals surface area contributed by atoms with Crippen LogP contribution in [0.25, 0.3) is 0 Å². The Morgan fingerprint density at radius 3 is 1.69 bits per heavy atom. The minimum Gasteiger partial charge on any atom is -0.491 e. The number of esters is 2. The van der Waals surface area contributed by atoms with Crippen LogP contribution in [-0.2, 0) is 6.42 Å². The number of carbonyl (C=O) groups is 2. The standard InChI is InChI=1S/C54H65N3O5/c1-5-7-9-11-12-13-14-15-16-18-21-43-24-30-46(31-25-43)56-57-47-32-38-50(39-33-47)62-54(59)51-22-19-23-52(42(51)4)55-40-44-26-34-49(35-27-44)61-53(58)45-28-36-48(37-29-45)60-41(3)20-17-10-8-6-2/h19,22-41H,5-18,20-21H2,1-4H3/t41-/m0/s1. The van der Waals surface area contributed by atoms with Gasteiger partial charge in [-0.2, -0.15) is 10.2 Å². The summed E-state index contributed by atoms with van der Waals surface area (Å²) in [5.74, 6) is 0.639. The number of ether oxygens (including phenoxy) is 3. The lowest BCUT2D eigenvalue weighted by molar-refractivity contribution is 0.0724. The van der Waals surface area contributed by atoms with E-state index in [2.05, 4.69) is 48.1 Å². The van der Waals surface area contributed by atoms with E-state index in [4.69, 9.17) is 14.2 Å². The van der Waals surface area contributed by atoms with Crippen LogP contribution < -0.4 is 14.2 Å². The van der Waals surface area contributed by atoms with E-state index >= 15 is 0 Å². The summed E-state index contributed by atoms with van der Waals surface area (Å²) in [6.07, 6.45) is 22.2. The van der Waals surface area contributed by atoms with Gasteiger partial charge in [0, 0.05) is 6.21 Å². The maximum absolute atomic E-state index is 13.2. The van der Waals surface area contributed by atoms with Crippen LogP contribution in [0.1, 0.15) is 154 Å². The number of unbranched alkanes of at least 4 members (excludes halogenated alkanes) is 12. The first kappa shape index (κ1) is 47.2. The molecule has 0 bridgehead atoms. The molecular weight excluding hydrogens is 771 g/mol. The maximum Gasteiger partial charge on any atom is 0.343 e. The van der Waals surface area contributed by atoms with Crippen molar-refractivity contribution >= 4 is 35.2 Å². The van der Waals surface area contributed by atoms with Crippen LogP contribution in [0.3, 0.4) is 0 Å². The highest BCUT2D eigenvalue weighted by Crippen LogP contribution is 2.27. The molecule has 1 atom stereocenters. The fourth-order valence-corrected chi connectivity index (χ4v) is 7.14. The zero-order valence-electron chi connectivity index (χ0n) is 37.3. The third kappa shape index (κ3) is 16.5. The van der Waals surface area contributed by atoms with Crippen LogP contribution in [0.15, 0.2) is 130 Å². The Morgan fingerprint density at radius 2 is 1.08 bits per heavy atom. The van der Waals surface area contributed by atoms with Crippen molar-refractivity contribution in [3.05, 3.63) is 143 Å². The van der Waals surface area contributed by atoms with Gasteiger partial charge in [0.15, 0.2) is 0 Å². The zero-order valence-corrected chi connectivity index (χ0v) is 37.3. The third-order valence-corrected chi connectivity index (χ3v) is 10.9. The average Bonchev–Trinajstić information content (AvgIpc) is 3.29. The largest absolute Gasteiger partial charge is 0.491 e. The molecule has 0 N–H and O–H groups in total. The molecule has 8 nitrogen and oxygen atoms in total. The first-order valence-electron chi connectivity index (χ1n) is 22.9. The van der Waals surface area contributed by atoms with Crippen LogP contribution in [0.4, 0.5) is 17.1 Å². The van der Waals surface area contributed by atoms with Crippen molar-refractivity contribution in [2.24, 2.45) is 15.2 Å². The molecule has 0 spiro atoms. The van der Waals surface area contributed by atoms with Crippen LogP contribution in [0, 0.1) is 6.92 Å². The zero-order chi connectivity index (χ0) is 43.8. The van der Waals surface area contributed by atoms with Crippen LogP contribution in [0.2, 0.25) is 0 Å². The Labute approximate surface area is 369 Å². The lowest BCUT2D eigenvalue weighted by atomic mass is 10.0. The van der Waals surface area contributed by atoms with Crippen molar-refractivity contribution < 1.29 is 23.8 Å². The molecule has 0 fully saturated rings. The van der Waals surface area contributed by atoms with E-state index < -0.39 is 11.9 Å². The summed E-state index contributed by atoms with van der Waals surface area (Å²) >= 11 is 0.